The van der Waals surface area contributed by atoms with Crippen molar-refractivity contribution in [2.24, 2.45) is 0 Å². The van der Waals surface area contributed by atoms with Crippen LogP contribution in [-0.2, 0) is 13.0 Å². The van der Waals surface area contributed by atoms with E-state index in [4.69, 9.17) is 4.74 Å². The molecule has 0 atom stereocenters. The quantitative estimate of drug-likeness (QED) is 0.597. The largest absolute Gasteiger partial charge is 0.497 e. The van der Waals surface area contributed by atoms with E-state index in [-0.39, 0.29) is 10.9 Å². The molecule has 160 valence electrons. The van der Waals surface area contributed by atoms with Crippen LogP contribution in [-0.4, -0.2) is 47.3 Å². The molecule has 0 bridgehead atoms. The fourth-order valence-electron chi connectivity index (χ4n) is 3.72. The highest BCUT2D eigenvalue weighted by Gasteiger charge is 2.29. The van der Waals surface area contributed by atoms with Crippen LogP contribution in [0, 0.1) is 0 Å². The molecule has 3 aromatic rings. The minimum atomic E-state index is -4.22. The smallest absolute Gasteiger partial charge is 0.393 e. The monoisotopic (exact) mass is 436 g/mol. The van der Waals surface area contributed by atoms with E-state index in [0.29, 0.717) is 16.0 Å². The lowest BCUT2D eigenvalue weighted by atomic mass is 10.0. The summed E-state index contributed by atoms with van der Waals surface area (Å²) in [6.07, 6.45) is -1.85. The average Bonchev–Trinajstić information content (AvgIpc) is 3.12. The van der Waals surface area contributed by atoms with Crippen LogP contribution in [0.5, 0.6) is 5.75 Å². The van der Waals surface area contributed by atoms with Crippen molar-refractivity contribution in [3.05, 3.63) is 47.1 Å². The third kappa shape index (κ3) is 5.20. The molecule has 30 heavy (non-hydrogen) atoms. The van der Waals surface area contributed by atoms with Gasteiger partial charge in [0.25, 0.3) is 0 Å². The first-order valence-corrected chi connectivity index (χ1v) is 10.6. The topological polar surface area (TPSA) is 50.3 Å². The summed E-state index contributed by atoms with van der Waals surface area (Å²) in [4.78, 5) is 11.7. The summed E-state index contributed by atoms with van der Waals surface area (Å²) in [5, 5.41) is 4.10. The van der Waals surface area contributed by atoms with E-state index in [1.807, 2.05) is 12.1 Å². The molecule has 1 aliphatic heterocycles. The minimum Gasteiger partial charge on any atom is -0.497 e. The first kappa shape index (κ1) is 20.9. The highest BCUT2D eigenvalue weighted by Crippen LogP contribution is 2.33. The third-order valence-corrected chi connectivity index (χ3v) is 6.29. The maximum Gasteiger partial charge on any atom is 0.393 e. The van der Waals surface area contributed by atoms with Crippen LogP contribution in [0.2, 0.25) is 0 Å². The number of rotatable bonds is 6. The first-order chi connectivity index (χ1) is 14.4. The Morgan fingerprint density at radius 2 is 1.90 bits per heavy atom. The molecular formula is C21H23F3N4OS. The number of hydrogen-bond acceptors (Lipinski definition) is 6. The molecule has 3 heterocycles. The molecule has 0 amide bonds. The van der Waals surface area contributed by atoms with Crippen molar-refractivity contribution in [1.29, 1.82) is 0 Å². The van der Waals surface area contributed by atoms with Gasteiger partial charge in [0.15, 0.2) is 0 Å². The molecule has 1 fully saturated rings. The summed E-state index contributed by atoms with van der Waals surface area (Å²) in [6, 6.07) is 9.90. The molecule has 2 aromatic heterocycles. The highest BCUT2D eigenvalue weighted by atomic mass is 32.1. The van der Waals surface area contributed by atoms with Gasteiger partial charge in [-0.25, -0.2) is 9.97 Å². The van der Waals surface area contributed by atoms with Gasteiger partial charge in [0.2, 0.25) is 0 Å². The van der Waals surface area contributed by atoms with Gasteiger partial charge in [-0.05, 0) is 36.6 Å². The molecule has 1 N–H and O–H groups in total. The van der Waals surface area contributed by atoms with Crippen molar-refractivity contribution in [2.75, 3.05) is 25.5 Å². The van der Waals surface area contributed by atoms with Gasteiger partial charge in [0.1, 0.15) is 22.7 Å². The van der Waals surface area contributed by atoms with E-state index in [1.54, 1.807) is 13.2 Å². The summed E-state index contributed by atoms with van der Waals surface area (Å²) < 4.78 is 43.4. The van der Waals surface area contributed by atoms with Gasteiger partial charge in [-0.1, -0.05) is 12.1 Å². The molecule has 0 unspecified atom stereocenters. The number of piperidine rings is 1. The zero-order valence-corrected chi connectivity index (χ0v) is 17.4. The van der Waals surface area contributed by atoms with Crippen LogP contribution in [0.15, 0.2) is 36.7 Å². The first-order valence-electron chi connectivity index (χ1n) is 9.81. The number of ether oxygens (including phenoxy) is 1. The van der Waals surface area contributed by atoms with E-state index < -0.39 is 12.6 Å². The highest BCUT2D eigenvalue weighted by molar-refractivity contribution is 7.18. The normalized spacial score (nSPS) is 16.1. The molecule has 1 aliphatic rings. The Balaban J connectivity index is 1.36. The predicted octanol–water partition coefficient (Wildman–Crippen LogP) is 4.88. The standard InChI is InChI=1S/C21H23F3N4OS/c1-29-16-4-2-14(3-5-16)12-28-8-6-15(7-9-28)27-19-18-10-17(11-21(22,23)24)30-20(18)26-13-25-19/h2-5,10,13,15H,6-9,11-12H2,1H3,(H,25,26,27). The van der Waals surface area contributed by atoms with Gasteiger partial charge in [-0.3, -0.25) is 4.90 Å². The van der Waals surface area contributed by atoms with Crippen molar-refractivity contribution in [1.82, 2.24) is 14.9 Å². The van der Waals surface area contributed by atoms with Crippen LogP contribution in [0.25, 0.3) is 10.2 Å². The number of hydrogen-bond donors (Lipinski definition) is 1. The van der Waals surface area contributed by atoms with Crippen molar-refractivity contribution < 1.29 is 17.9 Å². The Hall–Kier alpha value is -2.39. The number of anilines is 1. The number of thiophene rings is 1. The van der Waals surface area contributed by atoms with Crippen molar-refractivity contribution in [3.63, 3.8) is 0 Å². The lowest BCUT2D eigenvalue weighted by molar-refractivity contribution is -0.126. The molecule has 1 saturated heterocycles. The van der Waals surface area contributed by atoms with Crippen molar-refractivity contribution in [2.45, 2.75) is 38.0 Å². The lowest BCUT2D eigenvalue weighted by Gasteiger charge is -2.32. The zero-order valence-electron chi connectivity index (χ0n) is 16.6. The molecular weight excluding hydrogens is 413 g/mol. The van der Waals surface area contributed by atoms with Crippen LogP contribution in [0.3, 0.4) is 0 Å². The number of methoxy groups -OCH3 is 1. The number of aromatic nitrogens is 2. The van der Waals surface area contributed by atoms with E-state index >= 15 is 0 Å². The molecule has 9 heteroatoms. The van der Waals surface area contributed by atoms with E-state index in [2.05, 4.69) is 32.3 Å². The van der Waals surface area contributed by atoms with Gasteiger partial charge < -0.3 is 10.1 Å². The van der Waals surface area contributed by atoms with Crippen LogP contribution in [0.4, 0.5) is 19.0 Å². The van der Waals surface area contributed by atoms with Gasteiger partial charge in [0, 0.05) is 30.6 Å². The van der Waals surface area contributed by atoms with Gasteiger partial charge >= 0.3 is 6.18 Å². The molecule has 4 rings (SSSR count). The Bertz CT molecular complexity index is 982. The zero-order chi connectivity index (χ0) is 21.1. The number of fused-ring (bicyclic) bond motifs is 1. The summed E-state index contributed by atoms with van der Waals surface area (Å²) in [5.41, 5.74) is 1.25. The summed E-state index contributed by atoms with van der Waals surface area (Å²) in [5.74, 6) is 1.47. The SMILES string of the molecule is COc1ccc(CN2CCC(Nc3ncnc4sc(CC(F)(F)F)cc34)CC2)cc1. The van der Waals surface area contributed by atoms with Gasteiger partial charge in [-0.15, -0.1) is 11.3 Å². The minimum absolute atomic E-state index is 0.237. The third-order valence-electron chi connectivity index (χ3n) is 5.25. The van der Waals surface area contributed by atoms with Gasteiger partial charge in [0.05, 0.1) is 18.9 Å². The number of alkyl halides is 3. The Morgan fingerprint density at radius 1 is 1.17 bits per heavy atom. The molecule has 0 spiro atoms. The summed E-state index contributed by atoms with van der Waals surface area (Å²) in [6.45, 7) is 2.78. The van der Waals surface area contributed by atoms with Crippen LogP contribution in [0.1, 0.15) is 23.3 Å². The maximum absolute atomic E-state index is 12.7. The van der Waals surface area contributed by atoms with Crippen LogP contribution >= 0.6 is 11.3 Å². The molecule has 0 radical (unpaired) electrons. The van der Waals surface area contributed by atoms with Crippen molar-refractivity contribution >= 4 is 27.4 Å². The summed E-state index contributed by atoms with van der Waals surface area (Å²) >= 11 is 1.08. The molecule has 1 aromatic carbocycles. The fraction of sp³-hybridized carbons (Fsp3) is 0.429. The van der Waals surface area contributed by atoms with E-state index in [1.165, 1.54) is 11.9 Å². The number of benzene rings is 1. The maximum atomic E-state index is 12.7. The average molecular weight is 437 g/mol. The number of nitrogens with one attached hydrogen (secondary N) is 1. The van der Waals surface area contributed by atoms with E-state index in [9.17, 15) is 13.2 Å². The fourth-order valence-corrected chi connectivity index (χ4v) is 4.75. The second-order valence-corrected chi connectivity index (χ2v) is 8.60. The molecule has 5 nitrogen and oxygen atoms in total. The predicted molar refractivity (Wildman–Crippen MR) is 112 cm³/mol. The summed E-state index contributed by atoms with van der Waals surface area (Å²) in [7, 11) is 1.66. The second-order valence-electron chi connectivity index (χ2n) is 7.49. The molecule has 0 aliphatic carbocycles. The molecule has 0 saturated carbocycles. The van der Waals surface area contributed by atoms with Crippen LogP contribution < -0.4 is 10.1 Å². The van der Waals surface area contributed by atoms with E-state index in [0.717, 1.165) is 49.6 Å². The van der Waals surface area contributed by atoms with Crippen molar-refractivity contribution in [3.8, 4) is 5.75 Å². The Morgan fingerprint density at radius 3 is 2.57 bits per heavy atom. The Labute approximate surface area is 176 Å². The second kappa shape index (κ2) is 8.77. The number of nitrogens with zero attached hydrogens (tertiary/aromatic N) is 3. The lowest BCUT2D eigenvalue weighted by Crippen LogP contribution is -2.38. The van der Waals surface area contributed by atoms with Gasteiger partial charge in [-0.2, -0.15) is 13.2 Å². The number of likely N-dealkylation sites (tertiary alicyclic amines) is 1. The number of halogens is 3. The Kier molecular flexibility index (Phi) is 6.10.